The third-order valence-electron chi connectivity index (χ3n) is 6.06. The van der Waals surface area contributed by atoms with E-state index in [-0.39, 0.29) is 34.7 Å². The molecule has 2 heterocycles. The van der Waals surface area contributed by atoms with E-state index in [0.29, 0.717) is 24.8 Å². The lowest BCUT2D eigenvalue weighted by Gasteiger charge is -2.36. The zero-order chi connectivity index (χ0) is 23.5. The van der Waals surface area contributed by atoms with Gasteiger partial charge in [0.05, 0.1) is 10.9 Å². The van der Waals surface area contributed by atoms with Crippen molar-refractivity contribution >= 4 is 16.8 Å². The molecule has 0 saturated heterocycles. The van der Waals surface area contributed by atoms with Crippen molar-refractivity contribution in [3.05, 3.63) is 75.6 Å². The van der Waals surface area contributed by atoms with Crippen LogP contribution in [-0.2, 0) is 0 Å². The van der Waals surface area contributed by atoms with E-state index in [0.717, 1.165) is 11.1 Å². The normalized spacial score (nSPS) is 19.8. The fourth-order valence-corrected chi connectivity index (χ4v) is 4.36. The summed E-state index contributed by atoms with van der Waals surface area (Å²) in [6.45, 7) is 3.67. The average molecular weight is 445 g/mol. The number of fused-ring (bicyclic) bond motifs is 1. The molecule has 0 radical (unpaired) electrons. The van der Waals surface area contributed by atoms with Crippen LogP contribution in [0.4, 0.5) is 13.2 Å². The Morgan fingerprint density at radius 3 is 2.69 bits per heavy atom. The van der Waals surface area contributed by atoms with Crippen LogP contribution in [0.5, 0.6) is 0 Å². The topological polar surface area (TPSA) is 88.8 Å². The first kappa shape index (κ1) is 23.5. The molecule has 0 aliphatic heterocycles. The van der Waals surface area contributed by atoms with Crippen molar-refractivity contribution in [1.29, 1.82) is 0 Å². The molecule has 3 N–H and O–H groups in total. The number of aryl methyl sites for hydroxylation is 1. The standard InChI is InChI=1S/C15H19F3.C9H7N3O2/c1-3-12-9-11(6-7-15(12,17)18)14-5-4-13(16)8-10(14)2;10-9(14)8-7-5(1-3-12-8)11-4-2-6(7)13/h4-5,8,11-12H,3,6-7,9H2,1-2H3;1-4H,(H2,10,14)(H,11,13)/t11-,12-;/m1./s1. The summed E-state index contributed by atoms with van der Waals surface area (Å²) >= 11 is 0. The molecule has 1 saturated carbocycles. The number of alkyl halides is 2. The summed E-state index contributed by atoms with van der Waals surface area (Å²) in [4.78, 5) is 29.0. The number of benzene rings is 1. The van der Waals surface area contributed by atoms with Crippen molar-refractivity contribution in [3.63, 3.8) is 0 Å². The van der Waals surface area contributed by atoms with Crippen LogP contribution < -0.4 is 11.2 Å². The van der Waals surface area contributed by atoms with Crippen LogP contribution in [0.3, 0.4) is 0 Å². The first-order chi connectivity index (χ1) is 15.1. The van der Waals surface area contributed by atoms with Gasteiger partial charge in [-0.1, -0.05) is 13.0 Å². The number of hydrogen-bond donors (Lipinski definition) is 2. The molecule has 1 aliphatic rings. The van der Waals surface area contributed by atoms with Gasteiger partial charge in [0.15, 0.2) is 5.43 Å². The number of H-pyrrole nitrogens is 1. The van der Waals surface area contributed by atoms with Gasteiger partial charge in [0.25, 0.3) is 11.8 Å². The summed E-state index contributed by atoms with van der Waals surface area (Å²) < 4.78 is 40.4. The molecule has 170 valence electrons. The van der Waals surface area contributed by atoms with E-state index >= 15 is 0 Å². The largest absolute Gasteiger partial charge is 0.364 e. The molecule has 0 bridgehead atoms. The van der Waals surface area contributed by atoms with Gasteiger partial charge in [-0.2, -0.15) is 0 Å². The third-order valence-corrected chi connectivity index (χ3v) is 6.06. The van der Waals surface area contributed by atoms with Gasteiger partial charge >= 0.3 is 0 Å². The number of nitrogens with two attached hydrogens (primary N) is 1. The zero-order valence-corrected chi connectivity index (χ0v) is 18.0. The number of nitrogens with one attached hydrogen (secondary N) is 1. The summed E-state index contributed by atoms with van der Waals surface area (Å²) in [6, 6.07) is 7.62. The molecule has 0 spiro atoms. The Bertz CT molecular complexity index is 1170. The molecule has 1 amide bonds. The maximum Gasteiger partial charge on any atom is 0.268 e. The lowest BCUT2D eigenvalue weighted by Crippen LogP contribution is -2.34. The highest BCUT2D eigenvalue weighted by molar-refractivity contribution is 6.03. The van der Waals surface area contributed by atoms with Gasteiger partial charge in [0.2, 0.25) is 0 Å². The maximum absolute atomic E-state index is 13.7. The predicted octanol–water partition coefficient (Wildman–Crippen LogP) is 5.09. The number of carbonyl (C=O) groups is 1. The molecule has 32 heavy (non-hydrogen) atoms. The van der Waals surface area contributed by atoms with Crippen molar-refractivity contribution in [3.8, 4) is 0 Å². The van der Waals surface area contributed by atoms with E-state index in [1.165, 1.54) is 30.6 Å². The number of halogens is 3. The second-order valence-corrected chi connectivity index (χ2v) is 8.13. The van der Waals surface area contributed by atoms with Crippen LogP contribution in [0.15, 0.2) is 47.5 Å². The number of primary amides is 1. The van der Waals surface area contributed by atoms with E-state index < -0.39 is 17.7 Å². The molecule has 4 rings (SSSR count). The Morgan fingerprint density at radius 1 is 1.28 bits per heavy atom. The van der Waals surface area contributed by atoms with E-state index in [4.69, 9.17) is 5.73 Å². The predicted molar refractivity (Wildman–Crippen MR) is 117 cm³/mol. The van der Waals surface area contributed by atoms with Gasteiger partial charge in [-0.25, -0.2) is 13.2 Å². The summed E-state index contributed by atoms with van der Waals surface area (Å²) in [5.41, 5.74) is 7.30. The van der Waals surface area contributed by atoms with E-state index in [2.05, 4.69) is 9.97 Å². The molecule has 3 aromatic rings. The smallest absolute Gasteiger partial charge is 0.268 e. The summed E-state index contributed by atoms with van der Waals surface area (Å²) in [6.07, 6.45) is 4.40. The average Bonchev–Trinajstić information content (AvgIpc) is 2.74. The van der Waals surface area contributed by atoms with Gasteiger partial charge in [0, 0.05) is 30.8 Å². The second kappa shape index (κ2) is 9.54. The molecule has 2 aromatic heterocycles. The number of carbonyl (C=O) groups excluding carboxylic acids is 1. The van der Waals surface area contributed by atoms with Gasteiger partial charge in [-0.15, -0.1) is 0 Å². The van der Waals surface area contributed by atoms with E-state index in [9.17, 15) is 22.8 Å². The first-order valence-electron chi connectivity index (χ1n) is 10.5. The van der Waals surface area contributed by atoms with Crippen molar-refractivity contribution in [2.45, 2.75) is 51.4 Å². The Labute approximate surface area is 183 Å². The lowest BCUT2D eigenvalue weighted by atomic mass is 9.74. The highest BCUT2D eigenvalue weighted by Crippen LogP contribution is 2.46. The van der Waals surface area contributed by atoms with Crippen LogP contribution in [0.2, 0.25) is 0 Å². The number of nitrogens with zero attached hydrogens (tertiary/aromatic N) is 1. The van der Waals surface area contributed by atoms with Gasteiger partial charge < -0.3 is 10.7 Å². The highest BCUT2D eigenvalue weighted by atomic mass is 19.3. The minimum absolute atomic E-state index is 0.00403. The monoisotopic (exact) mass is 445 g/mol. The molecule has 1 fully saturated rings. The number of aromatic nitrogens is 2. The van der Waals surface area contributed by atoms with Crippen LogP contribution in [0, 0.1) is 18.7 Å². The first-order valence-corrected chi connectivity index (χ1v) is 10.5. The molecule has 0 unspecified atom stereocenters. The minimum atomic E-state index is -2.53. The summed E-state index contributed by atoms with van der Waals surface area (Å²) in [7, 11) is 0. The Morgan fingerprint density at radius 2 is 2.03 bits per heavy atom. The zero-order valence-electron chi connectivity index (χ0n) is 18.0. The fraction of sp³-hybridized carbons (Fsp3) is 0.375. The highest BCUT2D eigenvalue weighted by Gasteiger charge is 2.43. The molecule has 2 atom stereocenters. The Balaban J connectivity index is 0.000000186. The molecule has 5 nitrogen and oxygen atoms in total. The minimum Gasteiger partial charge on any atom is -0.364 e. The third kappa shape index (κ3) is 5.00. The number of hydrogen-bond acceptors (Lipinski definition) is 3. The number of rotatable bonds is 3. The van der Waals surface area contributed by atoms with Crippen LogP contribution in [-0.4, -0.2) is 21.8 Å². The number of aromatic amines is 1. The molecular weight excluding hydrogens is 419 g/mol. The maximum atomic E-state index is 13.7. The quantitative estimate of drug-likeness (QED) is 0.589. The molecule has 8 heteroatoms. The van der Waals surface area contributed by atoms with Gasteiger partial charge in [-0.3, -0.25) is 14.6 Å². The van der Waals surface area contributed by atoms with Crippen LogP contribution >= 0.6 is 0 Å². The van der Waals surface area contributed by atoms with Gasteiger partial charge in [0.1, 0.15) is 11.5 Å². The van der Waals surface area contributed by atoms with E-state index in [1.54, 1.807) is 12.1 Å². The fourth-order valence-electron chi connectivity index (χ4n) is 4.36. The molecule has 1 aromatic carbocycles. The van der Waals surface area contributed by atoms with Crippen molar-refractivity contribution in [1.82, 2.24) is 9.97 Å². The van der Waals surface area contributed by atoms with Crippen molar-refractivity contribution < 1.29 is 18.0 Å². The lowest BCUT2D eigenvalue weighted by molar-refractivity contribution is -0.0911. The Kier molecular flexibility index (Phi) is 7.01. The summed E-state index contributed by atoms with van der Waals surface area (Å²) in [5.74, 6) is -3.88. The second-order valence-electron chi connectivity index (χ2n) is 8.13. The van der Waals surface area contributed by atoms with Crippen molar-refractivity contribution in [2.75, 3.05) is 0 Å². The SMILES string of the molecule is CC[C@@H]1C[C@H](c2ccc(F)cc2C)CCC1(F)F.NC(=O)c1nccc2[nH]ccc(=O)c12. The number of amides is 1. The molecular formula is C24H26F3N3O2. The van der Waals surface area contributed by atoms with Gasteiger partial charge in [-0.05, 0) is 61.4 Å². The van der Waals surface area contributed by atoms with Crippen LogP contribution in [0.1, 0.15) is 60.1 Å². The Hall–Kier alpha value is -3.16. The molecule has 1 aliphatic carbocycles. The van der Waals surface area contributed by atoms with E-state index in [1.807, 2.05) is 13.8 Å². The number of pyridine rings is 2. The van der Waals surface area contributed by atoms with Crippen molar-refractivity contribution in [2.24, 2.45) is 11.7 Å². The van der Waals surface area contributed by atoms with Crippen LogP contribution in [0.25, 0.3) is 10.9 Å². The summed E-state index contributed by atoms with van der Waals surface area (Å²) in [5, 5.41) is 0.238.